The molecule has 1 unspecified atom stereocenters. The monoisotopic (exact) mass is 177 g/mol. The van der Waals surface area contributed by atoms with Crippen LogP contribution in [0.3, 0.4) is 0 Å². The minimum atomic E-state index is -1.67. The third-order valence-corrected chi connectivity index (χ3v) is 2.71. The van der Waals surface area contributed by atoms with Gasteiger partial charge in [-0.1, -0.05) is 0 Å². The predicted molar refractivity (Wildman–Crippen MR) is 32.7 cm³/mol. The fraction of sp³-hybridized carbons (Fsp3) is 0.200. The summed E-state index contributed by atoms with van der Waals surface area (Å²) < 4.78 is 11.6. The van der Waals surface area contributed by atoms with Crippen molar-refractivity contribution >= 4 is 18.4 Å². The number of aromatic nitrogens is 1. The molecule has 3 heteroatoms. The van der Waals surface area contributed by atoms with Gasteiger partial charge in [-0.2, -0.15) is 0 Å². The number of aromatic amines is 1. The SMILES string of the molecule is C[Se](=O)c1ccc[nH]1. The first kappa shape index (κ1) is 5.73. The molecule has 44 valence electrons. The van der Waals surface area contributed by atoms with Gasteiger partial charge in [0.15, 0.2) is 0 Å². The van der Waals surface area contributed by atoms with Crippen molar-refractivity contribution < 1.29 is 3.83 Å². The van der Waals surface area contributed by atoms with Crippen molar-refractivity contribution in [1.82, 2.24) is 4.98 Å². The van der Waals surface area contributed by atoms with Gasteiger partial charge in [0.1, 0.15) is 0 Å². The Kier molecular flexibility index (Phi) is 1.61. The Morgan fingerprint density at radius 2 is 2.50 bits per heavy atom. The molecule has 0 saturated carbocycles. The molecule has 0 aliphatic rings. The van der Waals surface area contributed by atoms with Crippen LogP contribution in [0.5, 0.6) is 0 Å². The fourth-order valence-corrected chi connectivity index (χ4v) is 1.55. The van der Waals surface area contributed by atoms with Gasteiger partial charge >= 0.3 is 51.4 Å². The summed E-state index contributed by atoms with van der Waals surface area (Å²) in [6, 6.07) is 3.70. The molecule has 1 aromatic heterocycles. The average molecular weight is 176 g/mol. The van der Waals surface area contributed by atoms with Gasteiger partial charge < -0.3 is 0 Å². The van der Waals surface area contributed by atoms with Crippen LogP contribution in [0.2, 0.25) is 5.82 Å². The van der Waals surface area contributed by atoms with Gasteiger partial charge in [-0.3, -0.25) is 0 Å². The maximum atomic E-state index is 10.7. The second-order valence-corrected chi connectivity index (χ2v) is 4.32. The van der Waals surface area contributed by atoms with E-state index >= 15 is 0 Å². The molecule has 0 radical (unpaired) electrons. The number of nitrogens with one attached hydrogen (secondary N) is 1. The number of hydrogen-bond acceptors (Lipinski definition) is 1. The predicted octanol–water partition coefficient (Wildman–Crippen LogP) is 0.273. The van der Waals surface area contributed by atoms with Crippen LogP contribution in [0.1, 0.15) is 0 Å². The molecule has 8 heavy (non-hydrogen) atoms. The van der Waals surface area contributed by atoms with Crippen LogP contribution in [-0.4, -0.2) is 18.8 Å². The summed E-state index contributed by atoms with van der Waals surface area (Å²) in [4.78, 5) is 2.88. The first-order valence-electron chi connectivity index (χ1n) is 2.27. The van der Waals surface area contributed by atoms with E-state index in [2.05, 4.69) is 4.98 Å². The van der Waals surface area contributed by atoms with Crippen molar-refractivity contribution in [3.8, 4) is 0 Å². The first-order chi connectivity index (χ1) is 3.80. The Morgan fingerprint density at radius 3 is 2.75 bits per heavy atom. The molecule has 0 aliphatic carbocycles. The zero-order valence-electron chi connectivity index (χ0n) is 4.55. The Balaban J connectivity index is 2.93. The molecule has 1 N–H and O–H groups in total. The standard InChI is InChI=1S/C5H7NOSe/c1-8(7)5-3-2-4-6-5/h2-4,6H,1H3. The van der Waals surface area contributed by atoms with Gasteiger partial charge in [-0.15, -0.1) is 0 Å². The van der Waals surface area contributed by atoms with Crippen molar-refractivity contribution in [3.05, 3.63) is 18.3 Å². The summed E-state index contributed by atoms with van der Waals surface area (Å²) in [5.74, 6) is 1.74. The molecule has 0 saturated heterocycles. The van der Waals surface area contributed by atoms with Gasteiger partial charge in [0.25, 0.3) is 0 Å². The minimum absolute atomic E-state index is 0.880. The number of rotatable bonds is 1. The van der Waals surface area contributed by atoms with E-state index in [4.69, 9.17) is 0 Å². The zero-order chi connectivity index (χ0) is 5.98. The molecular weight excluding hydrogens is 169 g/mol. The Bertz CT molecular complexity index is 180. The summed E-state index contributed by atoms with van der Waals surface area (Å²) in [6.07, 6.45) is 1.78. The van der Waals surface area contributed by atoms with E-state index in [9.17, 15) is 3.83 Å². The fourth-order valence-electron chi connectivity index (χ4n) is 0.493. The van der Waals surface area contributed by atoms with Crippen LogP contribution < -0.4 is 4.59 Å². The van der Waals surface area contributed by atoms with Crippen LogP contribution in [0, 0.1) is 0 Å². The Labute approximate surface area is 52.0 Å². The molecule has 2 nitrogen and oxygen atoms in total. The van der Waals surface area contributed by atoms with Gasteiger partial charge in [-0.05, 0) is 0 Å². The van der Waals surface area contributed by atoms with Crippen LogP contribution in [0.4, 0.5) is 0 Å². The molecule has 1 aromatic rings. The number of hydrogen-bond donors (Lipinski definition) is 1. The molecule has 0 fully saturated rings. The van der Waals surface area contributed by atoms with Gasteiger partial charge in [-0.25, -0.2) is 0 Å². The summed E-state index contributed by atoms with van der Waals surface area (Å²) in [6.45, 7) is 0. The van der Waals surface area contributed by atoms with Crippen molar-refractivity contribution in [2.24, 2.45) is 0 Å². The molecular formula is C5H7NOSe. The van der Waals surface area contributed by atoms with E-state index in [0.717, 1.165) is 4.59 Å². The van der Waals surface area contributed by atoms with Gasteiger partial charge in [0.2, 0.25) is 0 Å². The van der Waals surface area contributed by atoms with E-state index in [1.165, 1.54) is 0 Å². The molecule has 0 aliphatic heterocycles. The summed E-state index contributed by atoms with van der Waals surface area (Å²) in [7, 11) is 0. The van der Waals surface area contributed by atoms with Crippen molar-refractivity contribution in [2.45, 2.75) is 5.82 Å². The molecule has 0 spiro atoms. The molecule has 1 atom stereocenters. The molecule has 0 aromatic carbocycles. The van der Waals surface area contributed by atoms with E-state index < -0.39 is 13.8 Å². The molecule has 0 amide bonds. The van der Waals surface area contributed by atoms with Crippen molar-refractivity contribution in [2.75, 3.05) is 0 Å². The molecule has 1 rings (SSSR count). The van der Waals surface area contributed by atoms with Crippen LogP contribution in [0.15, 0.2) is 18.3 Å². The van der Waals surface area contributed by atoms with Crippen LogP contribution >= 0.6 is 0 Å². The van der Waals surface area contributed by atoms with Gasteiger partial charge in [0, 0.05) is 0 Å². The van der Waals surface area contributed by atoms with E-state index in [0.29, 0.717) is 0 Å². The van der Waals surface area contributed by atoms with E-state index in [1.54, 1.807) is 12.0 Å². The van der Waals surface area contributed by atoms with Crippen molar-refractivity contribution in [1.29, 1.82) is 0 Å². The number of H-pyrrole nitrogens is 1. The Hall–Kier alpha value is -0.401. The third kappa shape index (κ3) is 1.05. The van der Waals surface area contributed by atoms with Crippen LogP contribution in [0.25, 0.3) is 0 Å². The Morgan fingerprint density at radius 1 is 1.75 bits per heavy atom. The van der Waals surface area contributed by atoms with Gasteiger partial charge in [0.05, 0.1) is 0 Å². The van der Waals surface area contributed by atoms with E-state index in [-0.39, 0.29) is 0 Å². The first-order valence-corrected chi connectivity index (χ1v) is 5.54. The third-order valence-electron chi connectivity index (χ3n) is 0.879. The zero-order valence-corrected chi connectivity index (χ0v) is 6.26. The maximum absolute atomic E-state index is 10.7. The quantitative estimate of drug-likeness (QED) is 0.612. The topological polar surface area (TPSA) is 32.9 Å². The summed E-state index contributed by atoms with van der Waals surface area (Å²) in [5, 5.41) is 0. The second kappa shape index (κ2) is 2.25. The second-order valence-electron chi connectivity index (χ2n) is 1.49. The van der Waals surface area contributed by atoms with Crippen LogP contribution in [-0.2, 0) is 3.83 Å². The average Bonchev–Trinajstić information content (AvgIpc) is 2.12. The summed E-state index contributed by atoms with van der Waals surface area (Å²) >= 11 is -1.67. The normalized spacial score (nSPS) is 13.6. The van der Waals surface area contributed by atoms with Crippen molar-refractivity contribution in [3.63, 3.8) is 0 Å². The molecule has 0 bridgehead atoms. The van der Waals surface area contributed by atoms with E-state index in [1.807, 2.05) is 12.1 Å². The summed E-state index contributed by atoms with van der Waals surface area (Å²) in [5.41, 5.74) is 0. The molecule has 1 heterocycles.